The smallest absolute Gasteiger partial charge is 0.255 e. The Hall–Kier alpha value is -3.40. The van der Waals surface area contributed by atoms with Gasteiger partial charge in [-0.2, -0.15) is 9.41 Å². The molecule has 0 aliphatic heterocycles. The number of rotatable bonds is 10. The molecule has 0 unspecified atom stereocenters. The Morgan fingerprint density at radius 1 is 1.09 bits per heavy atom. The van der Waals surface area contributed by atoms with Crippen molar-refractivity contribution in [1.82, 2.24) is 9.73 Å². The van der Waals surface area contributed by atoms with Gasteiger partial charge in [0, 0.05) is 7.05 Å². The van der Waals surface area contributed by atoms with E-state index in [2.05, 4.69) is 10.5 Å². The third kappa shape index (κ3) is 6.80. The van der Waals surface area contributed by atoms with Gasteiger partial charge < -0.3 is 9.47 Å². The Bertz CT molecular complexity index is 1270. The van der Waals surface area contributed by atoms with Crippen molar-refractivity contribution in [3.8, 4) is 11.5 Å². The van der Waals surface area contributed by atoms with E-state index in [1.165, 1.54) is 38.6 Å². The molecule has 0 heterocycles. The van der Waals surface area contributed by atoms with Gasteiger partial charge in [-0.15, -0.1) is 0 Å². The molecule has 0 aromatic heterocycles. The highest BCUT2D eigenvalue weighted by Crippen LogP contribution is 2.28. The van der Waals surface area contributed by atoms with Crippen molar-refractivity contribution in [3.05, 3.63) is 88.9 Å². The van der Waals surface area contributed by atoms with Gasteiger partial charge in [0.25, 0.3) is 5.91 Å². The maximum absolute atomic E-state index is 12.7. The summed E-state index contributed by atoms with van der Waals surface area (Å²) in [7, 11) is -1.20. The molecule has 34 heavy (non-hydrogen) atoms. The van der Waals surface area contributed by atoms with E-state index in [4.69, 9.17) is 21.1 Å². The van der Waals surface area contributed by atoms with Crippen LogP contribution in [0.1, 0.15) is 11.1 Å². The predicted molar refractivity (Wildman–Crippen MR) is 131 cm³/mol. The number of hydrogen-bond acceptors (Lipinski definition) is 6. The van der Waals surface area contributed by atoms with Crippen LogP contribution >= 0.6 is 11.6 Å². The van der Waals surface area contributed by atoms with E-state index < -0.39 is 22.5 Å². The molecule has 0 aliphatic carbocycles. The molecule has 3 aromatic rings. The zero-order valence-electron chi connectivity index (χ0n) is 18.6. The zero-order chi connectivity index (χ0) is 24.6. The largest absolute Gasteiger partial charge is 0.495 e. The second-order valence-electron chi connectivity index (χ2n) is 7.20. The molecular formula is C24H24ClN3O5S. The Labute approximate surface area is 203 Å². The summed E-state index contributed by atoms with van der Waals surface area (Å²) in [5.41, 5.74) is 4.08. The zero-order valence-corrected chi connectivity index (χ0v) is 20.2. The van der Waals surface area contributed by atoms with Gasteiger partial charge in [0.05, 0.1) is 29.8 Å². The number of amides is 1. The van der Waals surface area contributed by atoms with Crippen molar-refractivity contribution in [1.29, 1.82) is 0 Å². The van der Waals surface area contributed by atoms with Crippen molar-refractivity contribution in [2.45, 2.75) is 11.5 Å². The topological polar surface area (TPSA) is 97.3 Å². The molecule has 10 heteroatoms. The monoisotopic (exact) mass is 501 g/mol. The average molecular weight is 502 g/mol. The number of carbonyl (C=O) groups is 1. The second-order valence-corrected chi connectivity index (χ2v) is 9.65. The number of halogens is 1. The van der Waals surface area contributed by atoms with Crippen LogP contribution in [0, 0.1) is 0 Å². The first-order chi connectivity index (χ1) is 16.3. The van der Waals surface area contributed by atoms with Gasteiger partial charge in [0.15, 0.2) is 0 Å². The summed E-state index contributed by atoms with van der Waals surface area (Å²) in [4.78, 5) is 12.2. The lowest BCUT2D eigenvalue weighted by molar-refractivity contribution is -0.121. The lowest BCUT2D eigenvalue weighted by Crippen LogP contribution is -2.36. The fourth-order valence-corrected chi connectivity index (χ4v) is 4.39. The molecule has 0 bridgehead atoms. The molecule has 1 N–H and O–H groups in total. The van der Waals surface area contributed by atoms with Crippen LogP contribution in [-0.4, -0.2) is 45.5 Å². The number of methoxy groups -OCH3 is 1. The van der Waals surface area contributed by atoms with Gasteiger partial charge in [-0.1, -0.05) is 54.1 Å². The quantitative estimate of drug-likeness (QED) is 0.337. The SMILES string of the molecule is COc1ccc(S(=O)(=O)N(C)CC(=O)N/N=C/c2cccc(OCc3ccccc3)c2)cc1Cl. The molecular weight excluding hydrogens is 478 g/mol. The summed E-state index contributed by atoms with van der Waals surface area (Å²) in [6.07, 6.45) is 1.45. The van der Waals surface area contributed by atoms with Crippen LogP contribution in [0.3, 0.4) is 0 Å². The van der Waals surface area contributed by atoms with Crippen molar-refractivity contribution in [3.63, 3.8) is 0 Å². The minimum atomic E-state index is -3.93. The van der Waals surface area contributed by atoms with Crippen LogP contribution in [0.15, 0.2) is 82.8 Å². The molecule has 0 radical (unpaired) electrons. The van der Waals surface area contributed by atoms with E-state index >= 15 is 0 Å². The van der Waals surface area contributed by atoms with Gasteiger partial charge in [-0.25, -0.2) is 13.8 Å². The summed E-state index contributed by atoms with van der Waals surface area (Å²) in [5, 5.41) is 4.06. The molecule has 0 aliphatic rings. The Morgan fingerprint density at radius 2 is 1.85 bits per heavy atom. The maximum atomic E-state index is 12.7. The van der Waals surface area contributed by atoms with Crippen LogP contribution in [0.2, 0.25) is 5.02 Å². The lowest BCUT2D eigenvalue weighted by Gasteiger charge is -2.16. The molecule has 0 spiro atoms. The summed E-state index contributed by atoms with van der Waals surface area (Å²) in [6.45, 7) is 0.00192. The van der Waals surface area contributed by atoms with Crippen LogP contribution in [-0.2, 0) is 21.4 Å². The number of hydrogen-bond donors (Lipinski definition) is 1. The highest BCUT2D eigenvalue weighted by molar-refractivity contribution is 7.89. The minimum absolute atomic E-state index is 0.0515. The van der Waals surface area contributed by atoms with Crippen molar-refractivity contribution >= 4 is 33.7 Å². The number of ether oxygens (including phenoxy) is 2. The number of benzene rings is 3. The van der Waals surface area contributed by atoms with Crippen LogP contribution < -0.4 is 14.9 Å². The average Bonchev–Trinajstić information content (AvgIpc) is 2.83. The molecule has 8 nitrogen and oxygen atoms in total. The fraction of sp³-hybridized carbons (Fsp3) is 0.167. The first-order valence-corrected chi connectivity index (χ1v) is 12.0. The first-order valence-electron chi connectivity index (χ1n) is 10.2. The molecule has 3 rings (SSSR count). The molecule has 3 aromatic carbocycles. The van der Waals surface area contributed by atoms with Crippen molar-refractivity contribution in [2.75, 3.05) is 20.7 Å². The first kappa shape index (κ1) is 25.2. The summed E-state index contributed by atoms with van der Waals surface area (Å²) >= 11 is 6.02. The number of hydrazone groups is 1. The van der Waals surface area contributed by atoms with Crippen molar-refractivity contribution < 1.29 is 22.7 Å². The van der Waals surface area contributed by atoms with E-state index in [0.29, 0.717) is 23.7 Å². The number of likely N-dealkylation sites (N-methyl/N-ethyl adjacent to an activating group) is 1. The molecule has 1 amide bonds. The number of sulfonamides is 1. The van der Waals surface area contributed by atoms with Crippen LogP contribution in [0.5, 0.6) is 11.5 Å². The van der Waals surface area contributed by atoms with E-state index in [9.17, 15) is 13.2 Å². The van der Waals surface area contributed by atoms with Gasteiger partial charge in [-0.05, 0) is 41.5 Å². The second kappa shape index (κ2) is 11.6. The molecule has 0 fully saturated rings. The maximum Gasteiger partial charge on any atom is 0.255 e. The third-order valence-corrected chi connectivity index (χ3v) is 6.80. The van der Waals surface area contributed by atoms with E-state index in [1.807, 2.05) is 42.5 Å². The van der Waals surface area contributed by atoms with Crippen molar-refractivity contribution in [2.24, 2.45) is 5.10 Å². The fourth-order valence-electron chi connectivity index (χ4n) is 2.91. The van der Waals surface area contributed by atoms with Gasteiger partial charge in [0.2, 0.25) is 10.0 Å². The predicted octanol–water partition coefficient (Wildman–Crippen LogP) is 3.70. The molecule has 0 atom stereocenters. The van der Waals surface area contributed by atoms with Crippen LogP contribution in [0.25, 0.3) is 0 Å². The highest BCUT2D eigenvalue weighted by Gasteiger charge is 2.23. The molecule has 178 valence electrons. The van der Waals surface area contributed by atoms with E-state index in [0.717, 1.165) is 9.87 Å². The number of nitrogens with one attached hydrogen (secondary N) is 1. The summed E-state index contributed by atoms with van der Waals surface area (Å²) in [5.74, 6) is 0.409. The Morgan fingerprint density at radius 3 is 2.56 bits per heavy atom. The number of nitrogens with zero attached hydrogens (tertiary/aromatic N) is 2. The van der Waals surface area contributed by atoms with Gasteiger partial charge in [-0.3, -0.25) is 4.79 Å². The normalized spacial score (nSPS) is 11.5. The Kier molecular flexibility index (Phi) is 8.64. The van der Waals surface area contributed by atoms with Crippen LogP contribution in [0.4, 0.5) is 0 Å². The Balaban J connectivity index is 1.55. The minimum Gasteiger partial charge on any atom is -0.495 e. The highest BCUT2D eigenvalue weighted by atomic mass is 35.5. The molecule has 0 saturated carbocycles. The number of carbonyl (C=O) groups excluding carboxylic acids is 1. The summed E-state index contributed by atoms with van der Waals surface area (Å²) in [6, 6.07) is 21.1. The van der Waals surface area contributed by atoms with E-state index in [1.54, 1.807) is 12.1 Å². The van der Waals surface area contributed by atoms with Gasteiger partial charge >= 0.3 is 0 Å². The molecule has 0 saturated heterocycles. The standard InChI is InChI=1S/C24H24ClN3O5S/c1-28(34(30,31)21-11-12-23(32-2)22(25)14-21)16-24(29)27-26-15-19-9-6-10-20(13-19)33-17-18-7-4-3-5-8-18/h3-15H,16-17H2,1-2H3,(H,27,29)/b26-15+. The lowest BCUT2D eigenvalue weighted by atomic mass is 10.2. The summed E-state index contributed by atoms with van der Waals surface area (Å²) < 4.78 is 37.1. The van der Waals surface area contributed by atoms with E-state index in [-0.39, 0.29) is 9.92 Å². The van der Waals surface area contributed by atoms with Gasteiger partial charge in [0.1, 0.15) is 18.1 Å². The third-order valence-electron chi connectivity index (χ3n) is 4.71.